The van der Waals surface area contributed by atoms with Gasteiger partial charge >= 0.3 is 5.69 Å². The van der Waals surface area contributed by atoms with Gasteiger partial charge in [0.25, 0.3) is 0 Å². The minimum atomic E-state index is -0.437. The first-order valence-electron chi connectivity index (χ1n) is 4.99. The molecule has 0 heterocycles. The molecule has 0 aromatic heterocycles. The van der Waals surface area contributed by atoms with Crippen molar-refractivity contribution in [3.8, 4) is 5.75 Å². The van der Waals surface area contributed by atoms with Gasteiger partial charge in [-0.05, 0) is 12.5 Å². The van der Waals surface area contributed by atoms with Crippen molar-refractivity contribution in [2.24, 2.45) is 5.92 Å². The van der Waals surface area contributed by atoms with E-state index in [4.69, 9.17) is 16.3 Å². The highest BCUT2D eigenvalue weighted by Crippen LogP contribution is 2.30. The molecule has 0 aliphatic heterocycles. The lowest BCUT2D eigenvalue weighted by Gasteiger charge is -2.12. The van der Waals surface area contributed by atoms with Crippen LogP contribution in [0.15, 0.2) is 18.2 Å². The Morgan fingerprint density at radius 2 is 2.25 bits per heavy atom. The fourth-order valence-corrected chi connectivity index (χ4v) is 1.33. The van der Waals surface area contributed by atoms with Crippen molar-refractivity contribution in [2.45, 2.75) is 13.8 Å². The lowest BCUT2D eigenvalue weighted by atomic mass is 10.2. The largest absolute Gasteiger partial charge is 0.486 e. The summed E-state index contributed by atoms with van der Waals surface area (Å²) in [4.78, 5) is 10.4. The van der Waals surface area contributed by atoms with E-state index in [0.717, 1.165) is 5.56 Å². The molecular weight excluding hydrogens is 230 g/mol. The third kappa shape index (κ3) is 3.10. The highest BCUT2D eigenvalue weighted by molar-refractivity contribution is 6.18. The van der Waals surface area contributed by atoms with E-state index in [1.807, 2.05) is 6.92 Å². The predicted octanol–water partition coefficient (Wildman–Crippen LogP) is 3.16. The second kappa shape index (κ2) is 5.70. The van der Waals surface area contributed by atoms with Crippen LogP contribution in [-0.4, -0.2) is 17.4 Å². The lowest BCUT2D eigenvalue weighted by molar-refractivity contribution is -0.386. The second-order valence-electron chi connectivity index (χ2n) is 3.75. The number of hydrogen-bond acceptors (Lipinski definition) is 3. The smallest absolute Gasteiger partial charge is 0.311 e. The molecule has 0 radical (unpaired) electrons. The van der Waals surface area contributed by atoms with Crippen LogP contribution in [0, 0.1) is 23.0 Å². The molecule has 0 saturated heterocycles. The van der Waals surface area contributed by atoms with E-state index < -0.39 is 4.92 Å². The van der Waals surface area contributed by atoms with Gasteiger partial charge in [-0.15, -0.1) is 11.6 Å². The van der Waals surface area contributed by atoms with E-state index >= 15 is 0 Å². The van der Waals surface area contributed by atoms with Gasteiger partial charge in [-0.1, -0.05) is 19.1 Å². The first kappa shape index (κ1) is 12.8. The standard InChI is InChI=1S/C11H14ClNO3/c1-8(6-12)7-16-11-9(2)4-3-5-10(11)13(14)15/h3-5,8H,6-7H2,1-2H3. The molecule has 0 saturated carbocycles. The van der Waals surface area contributed by atoms with Crippen LogP contribution in [0.1, 0.15) is 12.5 Å². The Hall–Kier alpha value is -1.29. The third-order valence-electron chi connectivity index (χ3n) is 2.16. The summed E-state index contributed by atoms with van der Waals surface area (Å²) in [7, 11) is 0. The molecule has 1 unspecified atom stereocenters. The first-order chi connectivity index (χ1) is 7.56. The van der Waals surface area contributed by atoms with Crippen molar-refractivity contribution in [2.75, 3.05) is 12.5 Å². The van der Waals surface area contributed by atoms with Crippen LogP contribution in [0.4, 0.5) is 5.69 Å². The average molecular weight is 244 g/mol. The normalized spacial score (nSPS) is 12.2. The molecule has 0 fully saturated rings. The monoisotopic (exact) mass is 243 g/mol. The Balaban J connectivity index is 2.88. The number of nitro groups is 1. The van der Waals surface area contributed by atoms with E-state index in [9.17, 15) is 10.1 Å². The molecule has 0 aliphatic rings. The van der Waals surface area contributed by atoms with E-state index in [2.05, 4.69) is 0 Å². The van der Waals surface area contributed by atoms with Gasteiger partial charge < -0.3 is 4.74 Å². The highest BCUT2D eigenvalue weighted by atomic mass is 35.5. The summed E-state index contributed by atoms with van der Waals surface area (Å²) in [6, 6.07) is 4.87. The molecular formula is C11H14ClNO3. The van der Waals surface area contributed by atoms with E-state index in [1.165, 1.54) is 6.07 Å². The SMILES string of the molecule is Cc1cccc([N+](=O)[O-])c1OCC(C)CCl. The van der Waals surface area contributed by atoms with Crippen LogP contribution < -0.4 is 4.74 Å². The summed E-state index contributed by atoms with van der Waals surface area (Å²) in [6.45, 7) is 4.10. The zero-order valence-corrected chi connectivity index (χ0v) is 10.0. The van der Waals surface area contributed by atoms with Gasteiger partial charge in [-0.3, -0.25) is 10.1 Å². The van der Waals surface area contributed by atoms with Crippen molar-refractivity contribution >= 4 is 17.3 Å². The van der Waals surface area contributed by atoms with Gasteiger partial charge in [0, 0.05) is 17.9 Å². The molecule has 5 heteroatoms. The van der Waals surface area contributed by atoms with Gasteiger partial charge in [0.15, 0.2) is 5.75 Å². The maximum Gasteiger partial charge on any atom is 0.311 e. The molecule has 1 atom stereocenters. The maximum atomic E-state index is 10.8. The van der Waals surface area contributed by atoms with Crippen molar-refractivity contribution in [1.82, 2.24) is 0 Å². The van der Waals surface area contributed by atoms with Crippen molar-refractivity contribution in [3.63, 3.8) is 0 Å². The number of benzene rings is 1. The molecule has 0 aliphatic carbocycles. The van der Waals surface area contributed by atoms with Crippen molar-refractivity contribution < 1.29 is 9.66 Å². The Morgan fingerprint density at radius 1 is 1.56 bits per heavy atom. The van der Waals surface area contributed by atoms with Gasteiger partial charge in [-0.25, -0.2) is 0 Å². The summed E-state index contributed by atoms with van der Waals surface area (Å²) >= 11 is 5.65. The molecule has 1 aromatic carbocycles. The Bertz CT molecular complexity index is 381. The van der Waals surface area contributed by atoms with Gasteiger partial charge in [-0.2, -0.15) is 0 Å². The molecule has 16 heavy (non-hydrogen) atoms. The van der Waals surface area contributed by atoms with Crippen LogP contribution in [0.2, 0.25) is 0 Å². The number of ether oxygens (including phenoxy) is 1. The fraction of sp³-hybridized carbons (Fsp3) is 0.455. The third-order valence-corrected chi connectivity index (χ3v) is 2.69. The minimum Gasteiger partial charge on any atom is -0.486 e. The summed E-state index contributed by atoms with van der Waals surface area (Å²) < 4.78 is 5.46. The van der Waals surface area contributed by atoms with E-state index in [1.54, 1.807) is 19.1 Å². The van der Waals surface area contributed by atoms with E-state index in [-0.39, 0.29) is 11.6 Å². The molecule has 0 bridgehead atoms. The minimum absolute atomic E-state index is 0.00164. The number of hydrogen-bond donors (Lipinski definition) is 0. The quantitative estimate of drug-likeness (QED) is 0.453. The van der Waals surface area contributed by atoms with Gasteiger partial charge in [0.1, 0.15) is 0 Å². The predicted molar refractivity (Wildman–Crippen MR) is 63.2 cm³/mol. The summed E-state index contributed by atoms with van der Waals surface area (Å²) in [5, 5.41) is 10.8. The zero-order valence-electron chi connectivity index (χ0n) is 9.27. The van der Waals surface area contributed by atoms with Gasteiger partial charge in [0.2, 0.25) is 0 Å². The molecule has 0 amide bonds. The highest BCUT2D eigenvalue weighted by Gasteiger charge is 2.17. The van der Waals surface area contributed by atoms with E-state index in [0.29, 0.717) is 18.2 Å². The molecule has 4 nitrogen and oxygen atoms in total. The molecule has 0 spiro atoms. The number of alkyl halides is 1. The Labute approximate surface area is 99.3 Å². The molecule has 1 rings (SSSR count). The summed E-state index contributed by atoms with van der Waals surface area (Å²) in [5.74, 6) is 0.977. The van der Waals surface area contributed by atoms with Crippen LogP contribution in [0.5, 0.6) is 5.75 Å². The number of nitro benzene ring substituents is 1. The van der Waals surface area contributed by atoms with Crippen molar-refractivity contribution in [3.05, 3.63) is 33.9 Å². The zero-order chi connectivity index (χ0) is 12.1. The van der Waals surface area contributed by atoms with Crippen LogP contribution >= 0.6 is 11.6 Å². The fourth-order valence-electron chi connectivity index (χ4n) is 1.24. The molecule has 0 N–H and O–H groups in total. The van der Waals surface area contributed by atoms with Crippen LogP contribution in [0.25, 0.3) is 0 Å². The molecule has 1 aromatic rings. The Kier molecular flexibility index (Phi) is 4.55. The van der Waals surface area contributed by atoms with Gasteiger partial charge in [0.05, 0.1) is 11.5 Å². The topological polar surface area (TPSA) is 52.4 Å². The summed E-state index contributed by atoms with van der Waals surface area (Å²) in [6.07, 6.45) is 0. The molecule has 88 valence electrons. The van der Waals surface area contributed by atoms with Crippen LogP contribution in [-0.2, 0) is 0 Å². The maximum absolute atomic E-state index is 10.8. The number of para-hydroxylation sites is 1. The number of aryl methyl sites for hydroxylation is 1. The number of halogens is 1. The van der Waals surface area contributed by atoms with Crippen LogP contribution in [0.3, 0.4) is 0 Å². The average Bonchev–Trinajstić information content (AvgIpc) is 2.26. The number of nitrogens with zero attached hydrogens (tertiary/aromatic N) is 1. The Morgan fingerprint density at radius 3 is 2.81 bits per heavy atom. The number of rotatable bonds is 5. The first-order valence-corrected chi connectivity index (χ1v) is 5.52. The second-order valence-corrected chi connectivity index (χ2v) is 4.06. The summed E-state index contributed by atoms with van der Waals surface area (Å²) in [5.41, 5.74) is 0.762. The van der Waals surface area contributed by atoms with Crippen molar-refractivity contribution in [1.29, 1.82) is 0 Å². The lowest BCUT2D eigenvalue weighted by Crippen LogP contribution is -2.11.